The topological polar surface area (TPSA) is 113 Å². The normalized spacial score (nSPS) is 17.0. The highest BCUT2D eigenvalue weighted by atomic mass is 35.5. The fourth-order valence-electron chi connectivity index (χ4n) is 3.01. The van der Waals surface area contributed by atoms with E-state index in [1.807, 2.05) is 13.8 Å². The number of urea groups is 1. The Morgan fingerprint density at radius 3 is 2.37 bits per heavy atom. The predicted molar refractivity (Wildman–Crippen MR) is 103 cm³/mol. The van der Waals surface area contributed by atoms with E-state index in [9.17, 15) is 18.0 Å². The highest BCUT2D eigenvalue weighted by Crippen LogP contribution is 2.21. The molecule has 1 aromatic carbocycles. The van der Waals surface area contributed by atoms with Crippen LogP contribution in [0.15, 0.2) is 29.2 Å². The highest BCUT2D eigenvalue weighted by Gasteiger charge is 2.33. The molecule has 1 heterocycles. The summed E-state index contributed by atoms with van der Waals surface area (Å²) < 4.78 is 26.8. The number of piperazine rings is 1. The maximum atomic E-state index is 12.7. The molecule has 1 aliphatic rings. The van der Waals surface area contributed by atoms with E-state index in [0.717, 1.165) is 0 Å². The number of hydrogen-bond donors (Lipinski definition) is 2. The van der Waals surface area contributed by atoms with Crippen molar-refractivity contribution < 1.29 is 18.0 Å². The number of nitrogens with one attached hydrogen (secondary N) is 1. The first-order chi connectivity index (χ1) is 12.6. The van der Waals surface area contributed by atoms with Crippen molar-refractivity contribution >= 4 is 33.6 Å². The van der Waals surface area contributed by atoms with Crippen molar-refractivity contribution in [2.75, 3.05) is 26.2 Å². The summed E-state index contributed by atoms with van der Waals surface area (Å²) in [5, 5.41) is 2.83. The zero-order chi connectivity index (χ0) is 20.2. The fraction of sp³-hybridized carbons (Fsp3) is 0.529. The number of amides is 3. The molecule has 8 nitrogen and oxygen atoms in total. The van der Waals surface area contributed by atoms with Gasteiger partial charge in [0.15, 0.2) is 0 Å². The Bertz CT molecular complexity index is 792. The molecule has 1 aliphatic heterocycles. The van der Waals surface area contributed by atoms with Crippen LogP contribution in [0.25, 0.3) is 0 Å². The smallest absolute Gasteiger partial charge is 0.312 e. The van der Waals surface area contributed by atoms with E-state index < -0.39 is 22.1 Å². The average molecular weight is 417 g/mol. The van der Waals surface area contributed by atoms with Gasteiger partial charge in [0.2, 0.25) is 15.9 Å². The number of nitrogens with zero attached hydrogens (tertiary/aromatic N) is 2. The SMILES string of the molecule is CC(C)C[C@H](NC(N)=O)C(=O)N1CCN(S(=O)(=O)c2cccc(Cl)c2)CC1. The zero-order valence-corrected chi connectivity index (χ0v) is 17.0. The summed E-state index contributed by atoms with van der Waals surface area (Å²) in [6.07, 6.45) is 0.461. The molecule has 3 N–H and O–H groups in total. The van der Waals surface area contributed by atoms with Gasteiger partial charge < -0.3 is 16.0 Å². The lowest BCUT2D eigenvalue weighted by molar-refractivity contribution is -0.134. The number of benzene rings is 1. The van der Waals surface area contributed by atoms with Crippen LogP contribution in [0.3, 0.4) is 0 Å². The van der Waals surface area contributed by atoms with Crippen LogP contribution in [-0.2, 0) is 14.8 Å². The van der Waals surface area contributed by atoms with Crippen LogP contribution in [0, 0.1) is 5.92 Å². The summed E-state index contributed by atoms with van der Waals surface area (Å²) >= 11 is 5.89. The number of sulfonamides is 1. The first-order valence-corrected chi connectivity index (χ1v) is 10.5. The molecular weight excluding hydrogens is 392 g/mol. The van der Waals surface area contributed by atoms with Gasteiger partial charge in [-0.3, -0.25) is 4.79 Å². The molecule has 0 saturated carbocycles. The molecular formula is C17H25ClN4O4S. The monoisotopic (exact) mass is 416 g/mol. The van der Waals surface area contributed by atoms with Crippen LogP contribution in [-0.4, -0.2) is 61.8 Å². The Labute approximate surface area is 164 Å². The standard InChI is InChI=1S/C17H25ClN4O4S/c1-12(2)10-15(20-17(19)24)16(23)21-6-8-22(9-7-21)27(25,26)14-5-3-4-13(18)11-14/h3-5,11-12,15H,6-10H2,1-2H3,(H3,19,20,24)/t15-/m0/s1. The van der Waals surface area contributed by atoms with Crippen molar-refractivity contribution in [1.82, 2.24) is 14.5 Å². The highest BCUT2D eigenvalue weighted by molar-refractivity contribution is 7.89. The van der Waals surface area contributed by atoms with Crippen LogP contribution in [0.1, 0.15) is 20.3 Å². The predicted octanol–water partition coefficient (Wildman–Crippen LogP) is 1.26. The van der Waals surface area contributed by atoms with E-state index in [1.165, 1.54) is 16.4 Å². The minimum Gasteiger partial charge on any atom is -0.352 e. The lowest BCUT2D eigenvalue weighted by Gasteiger charge is -2.36. The molecule has 0 radical (unpaired) electrons. The first-order valence-electron chi connectivity index (χ1n) is 8.71. The van der Waals surface area contributed by atoms with Gasteiger partial charge >= 0.3 is 6.03 Å². The molecule has 0 spiro atoms. The van der Waals surface area contributed by atoms with Gasteiger partial charge in [-0.25, -0.2) is 13.2 Å². The van der Waals surface area contributed by atoms with Crippen molar-refractivity contribution in [3.8, 4) is 0 Å². The minimum atomic E-state index is -3.67. The van der Waals surface area contributed by atoms with Crippen LogP contribution in [0.2, 0.25) is 5.02 Å². The van der Waals surface area contributed by atoms with Gasteiger partial charge in [0.25, 0.3) is 0 Å². The molecule has 150 valence electrons. The third-order valence-corrected chi connectivity index (χ3v) is 6.44. The number of nitrogens with two attached hydrogens (primary N) is 1. The molecule has 1 fully saturated rings. The largest absolute Gasteiger partial charge is 0.352 e. The van der Waals surface area contributed by atoms with Gasteiger partial charge in [-0.1, -0.05) is 31.5 Å². The maximum absolute atomic E-state index is 12.7. The number of halogens is 1. The Balaban J connectivity index is 2.05. The fourth-order valence-corrected chi connectivity index (χ4v) is 4.73. The van der Waals surface area contributed by atoms with E-state index in [-0.39, 0.29) is 42.9 Å². The van der Waals surface area contributed by atoms with Gasteiger partial charge in [-0.2, -0.15) is 4.31 Å². The van der Waals surface area contributed by atoms with Crippen molar-refractivity contribution in [2.45, 2.75) is 31.2 Å². The summed E-state index contributed by atoms with van der Waals surface area (Å²) in [6, 6.07) is 4.63. The Hall–Kier alpha value is -1.84. The van der Waals surface area contributed by atoms with E-state index in [1.54, 1.807) is 17.0 Å². The van der Waals surface area contributed by atoms with Crippen molar-refractivity contribution in [3.05, 3.63) is 29.3 Å². The average Bonchev–Trinajstić information content (AvgIpc) is 2.60. The molecule has 2 rings (SSSR count). The molecule has 10 heteroatoms. The number of carbonyl (C=O) groups excluding carboxylic acids is 2. The van der Waals surface area contributed by atoms with Gasteiger partial charge in [0.1, 0.15) is 6.04 Å². The Morgan fingerprint density at radius 2 is 1.85 bits per heavy atom. The summed E-state index contributed by atoms with van der Waals surface area (Å²) in [7, 11) is -3.67. The van der Waals surface area contributed by atoms with Crippen LogP contribution in [0.4, 0.5) is 4.79 Å². The van der Waals surface area contributed by atoms with Crippen LogP contribution >= 0.6 is 11.6 Å². The third-order valence-electron chi connectivity index (χ3n) is 4.31. The van der Waals surface area contributed by atoms with Crippen molar-refractivity contribution in [1.29, 1.82) is 0 Å². The summed E-state index contributed by atoms with van der Waals surface area (Å²) in [6.45, 7) is 4.72. The van der Waals surface area contributed by atoms with E-state index in [2.05, 4.69) is 5.32 Å². The lowest BCUT2D eigenvalue weighted by atomic mass is 10.0. The van der Waals surface area contributed by atoms with Crippen LogP contribution in [0.5, 0.6) is 0 Å². The Kier molecular flexibility index (Phi) is 7.07. The molecule has 1 atom stereocenters. The summed E-state index contributed by atoms with van der Waals surface area (Å²) in [4.78, 5) is 25.6. The van der Waals surface area contributed by atoms with Gasteiger partial charge in [-0.15, -0.1) is 0 Å². The minimum absolute atomic E-state index is 0.128. The molecule has 27 heavy (non-hydrogen) atoms. The molecule has 3 amide bonds. The third kappa shape index (κ3) is 5.57. The van der Waals surface area contributed by atoms with Gasteiger partial charge in [-0.05, 0) is 30.5 Å². The van der Waals surface area contributed by atoms with Gasteiger partial charge in [0, 0.05) is 31.2 Å². The maximum Gasteiger partial charge on any atom is 0.312 e. The quantitative estimate of drug-likeness (QED) is 0.726. The first kappa shape index (κ1) is 21.5. The zero-order valence-electron chi connectivity index (χ0n) is 15.4. The number of rotatable bonds is 6. The number of carbonyl (C=O) groups is 2. The number of hydrogen-bond acceptors (Lipinski definition) is 4. The second-order valence-corrected chi connectivity index (χ2v) is 9.25. The summed E-state index contributed by atoms with van der Waals surface area (Å²) in [5.74, 6) is -0.0578. The summed E-state index contributed by atoms with van der Waals surface area (Å²) in [5.41, 5.74) is 5.17. The second kappa shape index (κ2) is 8.90. The van der Waals surface area contributed by atoms with E-state index in [0.29, 0.717) is 11.4 Å². The molecule has 0 bridgehead atoms. The second-order valence-electron chi connectivity index (χ2n) is 6.88. The van der Waals surface area contributed by atoms with Gasteiger partial charge in [0.05, 0.1) is 4.90 Å². The van der Waals surface area contributed by atoms with Crippen molar-refractivity contribution in [3.63, 3.8) is 0 Å². The van der Waals surface area contributed by atoms with E-state index in [4.69, 9.17) is 17.3 Å². The molecule has 0 aromatic heterocycles. The van der Waals surface area contributed by atoms with Crippen molar-refractivity contribution in [2.24, 2.45) is 11.7 Å². The lowest BCUT2D eigenvalue weighted by Crippen LogP contribution is -2.56. The molecule has 0 aliphatic carbocycles. The molecule has 0 unspecified atom stereocenters. The van der Waals surface area contributed by atoms with Crippen LogP contribution < -0.4 is 11.1 Å². The van der Waals surface area contributed by atoms with E-state index >= 15 is 0 Å². The number of primary amides is 1. The Morgan fingerprint density at radius 1 is 1.22 bits per heavy atom. The molecule has 1 aromatic rings. The molecule has 1 saturated heterocycles.